The summed E-state index contributed by atoms with van der Waals surface area (Å²) >= 11 is 0. The van der Waals surface area contributed by atoms with E-state index in [4.69, 9.17) is 0 Å². The average Bonchev–Trinajstić information content (AvgIpc) is 2.40. The molecule has 0 radical (unpaired) electrons. The lowest BCUT2D eigenvalue weighted by molar-refractivity contribution is 0.280. The van der Waals surface area contributed by atoms with Crippen LogP contribution in [-0.2, 0) is 6.54 Å². The molecule has 1 aliphatic carbocycles. The first kappa shape index (κ1) is 13.5. The minimum absolute atomic E-state index is 0.334. The molecule has 1 aliphatic rings. The Morgan fingerprint density at radius 1 is 1.22 bits per heavy atom. The predicted octanol–water partition coefficient (Wildman–Crippen LogP) is 4.02. The molecule has 18 heavy (non-hydrogen) atoms. The number of hydrogen-bond donors (Lipinski definition) is 1. The van der Waals surface area contributed by atoms with Crippen molar-refractivity contribution in [3.05, 3.63) is 35.4 Å². The van der Waals surface area contributed by atoms with Crippen LogP contribution < -0.4 is 5.32 Å². The molecular weight excluding hydrogens is 232 g/mol. The van der Waals surface area contributed by atoms with Gasteiger partial charge in [-0.25, -0.2) is 8.78 Å². The molecule has 2 rings (SSSR count). The Labute approximate surface area is 108 Å². The molecule has 0 saturated heterocycles. The maximum Gasteiger partial charge on any atom is 0.127 e. The van der Waals surface area contributed by atoms with Crippen molar-refractivity contribution < 1.29 is 8.78 Å². The molecule has 0 unspecified atom stereocenters. The van der Waals surface area contributed by atoms with Crippen molar-refractivity contribution in [2.24, 2.45) is 5.92 Å². The topological polar surface area (TPSA) is 12.0 Å². The number of halogens is 2. The summed E-state index contributed by atoms with van der Waals surface area (Å²) < 4.78 is 26.5. The Morgan fingerprint density at radius 3 is 2.67 bits per heavy atom. The highest BCUT2D eigenvalue weighted by Crippen LogP contribution is 2.26. The Bertz CT molecular complexity index is 386. The van der Waals surface area contributed by atoms with E-state index in [0.29, 0.717) is 24.1 Å². The molecule has 1 aromatic carbocycles. The summed E-state index contributed by atoms with van der Waals surface area (Å²) in [7, 11) is 0. The lowest BCUT2D eigenvalue weighted by Crippen LogP contribution is -2.34. The molecule has 1 atom stereocenters. The third kappa shape index (κ3) is 3.52. The van der Waals surface area contributed by atoms with E-state index in [9.17, 15) is 8.78 Å². The van der Waals surface area contributed by atoms with Crippen molar-refractivity contribution >= 4 is 0 Å². The second-order valence-electron chi connectivity index (χ2n) is 5.30. The normalized spacial score (nSPS) is 18.8. The van der Waals surface area contributed by atoms with Gasteiger partial charge < -0.3 is 5.32 Å². The zero-order valence-corrected chi connectivity index (χ0v) is 10.9. The summed E-state index contributed by atoms with van der Waals surface area (Å²) in [4.78, 5) is 0. The first-order valence-corrected chi connectivity index (χ1v) is 6.84. The first-order chi connectivity index (χ1) is 8.66. The Balaban J connectivity index is 1.88. The van der Waals surface area contributed by atoms with Gasteiger partial charge >= 0.3 is 0 Å². The molecule has 0 heterocycles. The summed E-state index contributed by atoms with van der Waals surface area (Å²) in [6.07, 6.45) is 6.43. The van der Waals surface area contributed by atoms with Gasteiger partial charge in [-0.1, -0.05) is 19.3 Å². The highest BCUT2D eigenvalue weighted by atomic mass is 19.1. The van der Waals surface area contributed by atoms with Crippen molar-refractivity contribution in [1.29, 1.82) is 0 Å². The molecular formula is C15H21F2N. The van der Waals surface area contributed by atoms with Crippen LogP contribution in [0.2, 0.25) is 0 Å². The maximum atomic E-state index is 13.5. The highest BCUT2D eigenvalue weighted by Gasteiger charge is 2.19. The van der Waals surface area contributed by atoms with Crippen molar-refractivity contribution in [2.75, 3.05) is 0 Å². The van der Waals surface area contributed by atoms with Crippen LogP contribution in [0.4, 0.5) is 8.78 Å². The number of rotatable bonds is 4. The summed E-state index contributed by atoms with van der Waals surface area (Å²) in [6, 6.07) is 3.99. The van der Waals surface area contributed by atoms with Crippen LogP contribution in [0.1, 0.15) is 44.6 Å². The zero-order valence-electron chi connectivity index (χ0n) is 10.9. The van der Waals surface area contributed by atoms with Gasteiger partial charge in [-0.05, 0) is 43.9 Å². The largest absolute Gasteiger partial charge is 0.310 e. The van der Waals surface area contributed by atoms with Crippen molar-refractivity contribution in [2.45, 2.75) is 51.6 Å². The van der Waals surface area contributed by atoms with Gasteiger partial charge in [-0.2, -0.15) is 0 Å². The molecule has 100 valence electrons. The third-order valence-corrected chi connectivity index (χ3v) is 3.98. The third-order valence-electron chi connectivity index (χ3n) is 3.98. The fourth-order valence-corrected chi connectivity index (χ4v) is 2.75. The molecule has 1 nitrogen and oxygen atoms in total. The molecule has 0 aromatic heterocycles. The number of nitrogens with one attached hydrogen (secondary N) is 1. The lowest BCUT2D eigenvalue weighted by atomic mass is 9.84. The van der Waals surface area contributed by atoms with Crippen molar-refractivity contribution in [3.8, 4) is 0 Å². The van der Waals surface area contributed by atoms with E-state index < -0.39 is 0 Å². The molecule has 0 amide bonds. The standard InChI is InChI=1S/C15H21F2N/c1-11(12-5-3-2-4-6-12)18-10-13-9-14(16)7-8-15(13)17/h7-9,11-12,18H,2-6,10H2,1H3/t11-/m0/s1. The van der Waals surface area contributed by atoms with E-state index >= 15 is 0 Å². The smallest absolute Gasteiger partial charge is 0.127 e. The maximum absolute atomic E-state index is 13.5. The first-order valence-electron chi connectivity index (χ1n) is 6.84. The molecule has 1 aromatic rings. The van der Waals surface area contributed by atoms with Crippen LogP contribution >= 0.6 is 0 Å². The zero-order chi connectivity index (χ0) is 13.0. The van der Waals surface area contributed by atoms with Gasteiger partial charge in [0.25, 0.3) is 0 Å². The van der Waals surface area contributed by atoms with Gasteiger partial charge in [0.05, 0.1) is 0 Å². The summed E-state index contributed by atoms with van der Waals surface area (Å²) in [5.41, 5.74) is 0.414. The van der Waals surface area contributed by atoms with Gasteiger partial charge in [0.1, 0.15) is 11.6 Å². The van der Waals surface area contributed by atoms with Crippen molar-refractivity contribution in [3.63, 3.8) is 0 Å². The van der Waals surface area contributed by atoms with Crippen LogP contribution in [0.25, 0.3) is 0 Å². The summed E-state index contributed by atoms with van der Waals surface area (Å²) in [5, 5.41) is 3.33. The Hall–Kier alpha value is -0.960. The molecule has 3 heteroatoms. The van der Waals surface area contributed by atoms with E-state index in [1.54, 1.807) is 0 Å². The number of benzene rings is 1. The van der Waals surface area contributed by atoms with E-state index in [0.717, 1.165) is 6.07 Å². The fraction of sp³-hybridized carbons (Fsp3) is 0.600. The highest BCUT2D eigenvalue weighted by molar-refractivity contribution is 5.18. The van der Waals surface area contributed by atoms with Crippen LogP contribution in [0.3, 0.4) is 0 Å². The van der Waals surface area contributed by atoms with E-state index in [1.165, 1.54) is 44.2 Å². The second kappa shape index (κ2) is 6.28. The average molecular weight is 253 g/mol. The SMILES string of the molecule is C[C@H](NCc1cc(F)ccc1F)C1CCCCC1. The molecule has 1 saturated carbocycles. The van der Waals surface area contributed by atoms with Gasteiger partial charge in [0, 0.05) is 18.2 Å². The molecule has 0 bridgehead atoms. The molecule has 1 fully saturated rings. The Morgan fingerprint density at radius 2 is 1.94 bits per heavy atom. The quantitative estimate of drug-likeness (QED) is 0.854. The molecule has 1 N–H and O–H groups in total. The minimum Gasteiger partial charge on any atom is -0.310 e. The van der Waals surface area contributed by atoms with E-state index in [2.05, 4.69) is 12.2 Å². The minimum atomic E-state index is -0.376. The van der Waals surface area contributed by atoms with Gasteiger partial charge in [-0.15, -0.1) is 0 Å². The lowest BCUT2D eigenvalue weighted by Gasteiger charge is -2.28. The molecule has 0 spiro atoms. The Kier molecular flexibility index (Phi) is 4.70. The van der Waals surface area contributed by atoms with E-state index in [-0.39, 0.29) is 11.6 Å². The fourth-order valence-electron chi connectivity index (χ4n) is 2.75. The van der Waals surface area contributed by atoms with Gasteiger partial charge in [0.15, 0.2) is 0 Å². The summed E-state index contributed by atoms with van der Waals surface area (Å²) in [5.74, 6) is -0.0337. The monoisotopic (exact) mass is 253 g/mol. The van der Waals surface area contributed by atoms with Crippen LogP contribution in [-0.4, -0.2) is 6.04 Å². The predicted molar refractivity (Wildman–Crippen MR) is 69.2 cm³/mol. The van der Waals surface area contributed by atoms with Crippen LogP contribution in [0.5, 0.6) is 0 Å². The summed E-state index contributed by atoms with van der Waals surface area (Å²) in [6.45, 7) is 2.55. The number of hydrogen-bond acceptors (Lipinski definition) is 1. The van der Waals surface area contributed by atoms with Gasteiger partial charge in [0.2, 0.25) is 0 Å². The second-order valence-corrected chi connectivity index (χ2v) is 5.30. The molecule has 0 aliphatic heterocycles. The van der Waals surface area contributed by atoms with Crippen LogP contribution in [0, 0.1) is 17.6 Å². The van der Waals surface area contributed by atoms with E-state index in [1.807, 2.05) is 0 Å². The van der Waals surface area contributed by atoms with Gasteiger partial charge in [-0.3, -0.25) is 0 Å². The van der Waals surface area contributed by atoms with Crippen LogP contribution in [0.15, 0.2) is 18.2 Å². The van der Waals surface area contributed by atoms with Crippen molar-refractivity contribution in [1.82, 2.24) is 5.32 Å².